The summed E-state index contributed by atoms with van der Waals surface area (Å²) in [4.78, 5) is 12.0. The van der Waals surface area contributed by atoms with E-state index >= 15 is 0 Å². The van der Waals surface area contributed by atoms with Crippen LogP contribution in [0.5, 0.6) is 5.88 Å². The second kappa shape index (κ2) is 4.32. The van der Waals surface area contributed by atoms with Crippen molar-refractivity contribution in [2.24, 2.45) is 0 Å². The fourth-order valence-electron chi connectivity index (χ4n) is 0.991. The summed E-state index contributed by atoms with van der Waals surface area (Å²) in [5, 5.41) is 0. The second-order valence-electron chi connectivity index (χ2n) is 2.65. The van der Waals surface area contributed by atoms with Crippen molar-refractivity contribution >= 4 is 0 Å². The Bertz CT molecular complexity index is 338. The Balaban J connectivity index is 1.96. The van der Waals surface area contributed by atoms with E-state index < -0.39 is 0 Å². The first-order chi connectivity index (χ1) is 6.95. The number of nitrogens with zero attached hydrogens (tertiary/aromatic N) is 3. The molecule has 0 atom stereocenters. The third-order valence-corrected chi connectivity index (χ3v) is 1.63. The van der Waals surface area contributed by atoms with Crippen LogP contribution in [0.15, 0.2) is 43.0 Å². The van der Waals surface area contributed by atoms with Gasteiger partial charge in [-0.3, -0.25) is 9.97 Å². The van der Waals surface area contributed by atoms with Gasteiger partial charge in [-0.05, 0) is 12.1 Å². The number of ether oxygens (including phenoxy) is 1. The van der Waals surface area contributed by atoms with E-state index in [2.05, 4.69) is 15.0 Å². The topological polar surface area (TPSA) is 47.9 Å². The highest BCUT2D eigenvalue weighted by molar-refractivity contribution is 5.05. The van der Waals surface area contributed by atoms with Crippen LogP contribution in [0.25, 0.3) is 0 Å². The summed E-state index contributed by atoms with van der Waals surface area (Å²) in [6, 6.07) is 5.69. The van der Waals surface area contributed by atoms with Crippen LogP contribution in [0.3, 0.4) is 0 Å². The highest BCUT2D eigenvalue weighted by atomic mass is 16.5. The molecule has 2 rings (SSSR count). The SMILES string of the molecule is c1ccc(COc2cnccn2)nc1. The molecule has 0 aromatic carbocycles. The lowest BCUT2D eigenvalue weighted by Gasteiger charge is -2.02. The normalized spacial score (nSPS) is 9.71. The Kier molecular flexibility index (Phi) is 2.66. The van der Waals surface area contributed by atoms with Gasteiger partial charge in [0.15, 0.2) is 0 Å². The fourth-order valence-corrected chi connectivity index (χ4v) is 0.991. The van der Waals surface area contributed by atoms with Crippen molar-refractivity contribution in [3.8, 4) is 5.88 Å². The molecule has 70 valence electrons. The van der Waals surface area contributed by atoms with Gasteiger partial charge in [0.05, 0.1) is 11.9 Å². The summed E-state index contributed by atoms with van der Waals surface area (Å²) in [5.41, 5.74) is 0.873. The quantitative estimate of drug-likeness (QED) is 0.729. The summed E-state index contributed by atoms with van der Waals surface area (Å²) in [5.74, 6) is 0.512. The van der Waals surface area contributed by atoms with E-state index in [0.717, 1.165) is 5.69 Å². The van der Waals surface area contributed by atoms with Crippen LogP contribution in [0.4, 0.5) is 0 Å². The number of hydrogen-bond acceptors (Lipinski definition) is 4. The molecule has 2 aromatic heterocycles. The molecule has 0 aliphatic rings. The van der Waals surface area contributed by atoms with Crippen LogP contribution in [0.2, 0.25) is 0 Å². The van der Waals surface area contributed by atoms with Gasteiger partial charge in [0.2, 0.25) is 5.88 Å². The summed E-state index contributed by atoms with van der Waals surface area (Å²) >= 11 is 0. The first kappa shape index (κ1) is 8.62. The van der Waals surface area contributed by atoms with E-state index in [0.29, 0.717) is 12.5 Å². The molecule has 0 saturated heterocycles. The van der Waals surface area contributed by atoms with Gasteiger partial charge in [-0.2, -0.15) is 0 Å². The molecule has 0 bridgehead atoms. The van der Waals surface area contributed by atoms with Crippen LogP contribution in [-0.2, 0) is 6.61 Å². The highest BCUT2D eigenvalue weighted by Crippen LogP contribution is 2.04. The molecule has 14 heavy (non-hydrogen) atoms. The Morgan fingerprint density at radius 3 is 2.79 bits per heavy atom. The molecule has 0 spiro atoms. The molecule has 0 amide bonds. The molecule has 0 aliphatic carbocycles. The molecule has 0 saturated carbocycles. The van der Waals surface area contributed by atoms with Crippen LogP contribution in [0.1, 0.15) is 5.69 Å². The largest absolute Gasteiger partial charge is 0.470 e. The summed E-state index contributed by atoms with van der Waals surface area (Å²) in [6.07, 6.45) is 6.50. The van der Waals surface area contributed by atoms with Gasteiger partial charge >= 0.3 is 0 Å². The Morgan fingerprint density at radius 2 is 2.07 bits per heavy atom. The van der Waals surface area contributed by atoms with Crippen LogP contribution in [0, 0.1) is 0 Å². The van der Waals surface area contributed by atoms with Crippen molar-refractivity contribution in [2.45, 2.75) is 6.61 Å². The van der Waals surface area contributed by atoms with E-state index in [1.807, 2.05) is 18.2 Å². The third kappa shape index (κ3) is 2.26. The number of rotatable bonds is 3. The van der Waals surface area contributed by atoms with Gasteiger partial charge < -0.3 is 4.74 Å². The van der Waals surface area contributed by atoms with E-state index in [1.54, 1.807) is 24.8 Å². The van der Waals surface area contributed by atoms with E-state index in [4.69, 9.17) is 4.74 Å². The zero-order valence-electron chi connectivity index (χ0n) is 7.50. The summed E-state index contributed by atoms with van der Waals surface area (Å²) in [6.45, 7) is 0.416. The summed E-state index contributed by atoms with van der Waals surface area (Å²) < 4.78 is 5.36. The third-order valence-electron chi connectivity index (χ3n) is 1.63. The van der Waals surface area contributed by atoms with Crippen molar-refractivity contribution < 1.29 is 4.74 Å². The smallest absolute Gasteiger partial charge is 0.232 e. The minimum absolute atomic E-state index is 0.416. The lowest BCUT2D eigenvalue weighted by molar-refractivity contribution is 0.288. The van der Waals surface area contributed by atoms with Crippen molar-refractivity contribution in [1.29, 1.82) is 0 Å². The molecule has 0 unspecified atom stereocenters. The van der Waals surface area contributed by atoms with Crippen molar-refractivity contribution in [3.63, 3.8) is 0 Å². The highest BCUT2D eigenvalue weighted by Gasteiger charge is 1.95. The molecule has 0 fully saturated rings. The lowest BCUT2D eigenvalue weighted by Crippen LogP contribution is -1.98. The Morgan fingerprint density at radius 1 is 1.07 bits per heavy atom. The average molecular weight is 187 g/mol. The van der Waals surface area contributed by atoms with Gasteiger partial charge in [-0.15, -0.1) is 0 Å². The molecular weight excluding hydrogens is 178 g/mol. The average Bonchev–Trinajstić information content (AvgIpc) is 2.29. The number of hydrogen-bond donors (Lipinski definition) is 0. The van der Waals surface area contributed by atoms with Crippen molar-refractivity contribution in [3.05, 3.63) is 48.7 Å². The Hall–Kier alpha value is -1.97. The van der Waals surface area contributed by atoms with Gasteiger partial charge in [0, 0.05) is 18.6 Å². The molecule has 0 radical (unpaired) electrons. The first-order valence-corrected chi connectivity index (χ1v) is 4.24. The molecule has 4 nitrogen and oxygen atoms in total. The molecule has 0 N–H and O–H groups in total. The first-order valence-electron chi connectivity index (χ1n) is 4.24. The van der Waals surface area contributed by atoms with Gasteiger partial charge in [-0.25, -0.2) is 4.98 Å². The molecular formula is C10H9N3O. The van der Waals surface area contributed by atoms with E-state index in [1.165, 1.54) is 0 Å². The maximum absolute atomic E-state index is 5.36. The second-order valence-corrected chi connectivity index (χ2v) is 2.65. The summed E-state index contributed by atoms with van der Waals surface area (Å²) in [7, 11) is 0. The molecule has 2 heterocycles. The zero-order valence-corrected chi connectivity index (χ0v) is 7.50. The maximum Gasteiger partial charge on any atom is 0.232 e. The fraction of sp³-hybridized carbons (Fsp3) is 0.100. The van der Waals surface area contributed by atoms with Crippen LogP contribution in [-0.4, -0.2) is 15.0 Å². The van der Waals surface area contributed by atoms with Crippen molar-refractivity contribution in [1.82, 2.24) is 15.0 Å². The lowest BCUT2D eigenvalue weighted by atomic mass is 10.4. The van der Waals surface area contributed by atoms with E-state index in [-0.39, 0.29) is 0 Å². The predicted octanol–water partition coefficient (Wildman–Crippen LogP) is 1.45. The van der Waals surface area contributed by atoms with Crippen molar-refractivity contribution in [2.75, 3.05) is 0 Å². The minimum Gasteiger partial charge on any atom is -0.470 e. The van der Waals surface area contributed by atoms with E-state index in [9.17, 15) is 0 Å². The maximum atomic E-state index is 5.36. The number of pyridine rings is 1. The van der Waals surface area contributed by atoms with Crippen LogP contribution < -0.4 is 4.74 Å². The van der Waals surface area contributed by atoms with Gasteiger partial charge in [0.25, 0.3) is 0 Å². The monoisotopic (exact) mass is 187 g/mol. The molecule has 2 aromatic rings. The molecule has 4 heteroatoms. The molecule has 0 aliphatic heterocycles. The Labute approximate surface area is 81.6 Å². The standard InChI is InChI=1S/C10H9N3O/c1-2-4-12-9(3-1)8-14-10-7-11-5-6-13-10/h1-7H,8H2. The predicted molar refractivity (Wildman–Crippen MR) is 50.6 cm³/mol. The van der Waals surface area contributed by atoms with Crippen LogP contribution >= 0.6 is 0 Å². The minimum atomic E-state index is 0.416. The van der Waals surface area contributed by atoms with Gasteiger partial charge in [-0.1, -0.05) is 6.07 Å². The zero-order chi connectivity index (χ0) is 9.64. The number of aromatic nitrogens is 3. The van der Waals surface area contributed by atoms with Gasteiger partial charge in [0.1, 0.15) is 6.61 Å².